The zero-order chi connectivity index (χ0) is 39.8. The molecule has 60 heavy (non-hydrogen) atoms. The van der Waals surface area contributed by atoms with E-state index >= 15 is 0 Å². The van der Waals surface area contributed by atoms with Crippen LogP contribution >= 0.6 is 0 Å². The lowest BCUT2D eigenvalue weighted by atomic mass is 9.80. The maximum Gasteiger partial charge on any atom is 0.0619 e. The highest BCUT2D eigenvalue weighted by atomic mass is 15.1. The number of anilines is 3. The highest BCUT2D eigenvalue weighted by Crippen LogP contribution is 2.46. The van der Waals surface area contributed by atoms with Crippen molar-refractivity contribution in [2.24, 2.45) is 0 Å². The Morgan fingerprint density at radius 1 is 0.400 bits per heavy atom. The fourth-order valence-corrected chi connectivity index (χ4v) is 9.99. The molecule has 0 N–H and O–H groups in total. The molecule has 0 radical (unpaired) electrons. The Hall–Kier alpha value is -7.16. The highest BCUT2D eigenvalue weighted by molar-refractivity contribution is 6.14. The summed E-state index contributed by atoms with van der Waals surface area (Å²) in [6, 6.07) is 78.1. The van der Waals surface area contributed by atoms with Crippen molar-refractivity contribution in [3.63, 3.8) is 0 Å². The molecule has 1 aliphatic carbocycles. The van der Waals surface area contributed by atoms with Crippen LogP contribution in [0.15, 0.2) is 212 Å². The van der Waals surface area contributed by atoms with E-state index in [1.807, 2.05) is 0 Å². The van der Waals surface area contributed by atoms with Crippen LogP contribution in [0.3, 0.4) is 0 Å². The van der Waals surface area contributed by atoms with Crippen molar-refractivity contribution < 1.29 is 0 Å². The summed E-state index contributed by atoms with van der Waals surface area (Å²) >= 11 is 0. The van der Waals surface area contributed by atoms with Crippen molar-refractivity contribution in [3.05, 3.63) is 218 Å². The van der Waals surface area contributed by atoms with Crippen LogP contribution in [-0.4, -0.2) is 4.57 Å². The van der Waals surface area contributed by atoms with Crippen LogP contribution in [-0.2, 0) is 0 Å². The minimum Gasteiger partial charge on any atom is -0.310 e. The van der Waals surface area contributed by atoms with Gasteiger partial charge in [-0.15, -0.1) is 0 Å². The summed E-state index contributed by atoms with van der Waals surface area (Å²) in [5, 5.41) is 5.23. The number of aromatic nitrogens is 1. The van der Waals surface area contributed by atoms with Crippen LogP contribution < -0.4 is 4.90 Å². The fourth-order valence-electron chi connectivity index (χ4n) is 9.99. The lowest BCUT2D eigenvalue weighted by Gasteiger charge is -2.29. The molecule has 1 saturated carbocycles. The predicted molar refractivity (Wildman–Crippen MR) is 255 cm³/mol. The Balaban J connectivity index is 1.08. The van der Waals surface area contributed by atoms with Gasteiger partial charge in [0.05, 0.1) is 16.7 Å². The molecule has 1 aromatic heterocycles. The minimum atomic E-state index is 0.593. The van der Waals surface area contributed by atoms with E-state index in [2.05, 4.69) is 222 Å². The first kappa shape index (κ1) is 36.0. The molecule has 0 aliphatic heterocycles. The van der Waals surface area contributed by atoms with Gasteiger partial charge < -0.3 is 9.47 Å². The normalized spacial score (nSPS) is 13.3. The van der Waals surface area contributed by atoms with Gasteiger partial charge in [-0.25, -0.2) is 0 Å². The number of hydrogen-bond donors (Lipinski definition) is 0. The van der Waals surface area contributed by atoms with Crippen molar-refractivity contribution in [1.82, 2.24) is 4.57 Å². The van der Waals surface area contributed by atoms with Crippen LogP contribution in [0.2, 0.25) is 0 Å². The maximum atomic E-state index is 2.46. The molecule has 10 aromatic rings. The molecule has 1 aliphatic rings. The minimum absolute atomic E-state index is 0.593. The summed E-state index contributed by atoms with van der Waals surface area (Å²) in [5.74, 6) is 0.593. The van der Waals surface area contributed by atoms with E-state index in [1.165, 1.54) is 104 Å². The topological polar surface area (TPSA) is 8.17 Å². The lowest BCUT2D eigenvalue weighted by Crippen LogP contribution is -2.11. The van der Waals surface area contributed by atoms with Crippen molar-refractivity contribution in [1.29, 1.82) is 0 Å². The molecule has 0 bridgehead atoms. The van der Waals surface area contributed by atoms with Crippen LogP contribution in [0.25, 0.3) is 71.6 Å². The molecule has 2 nitrogen and oxygen atoms in total. The van der Waals surface area contributed by atoms with Crippen molar-refractivity contribution in [3.8, 4) is 39.1 Å². The Bertz CT molecular complexity index is 3090. The van der Waals surface area contributed by atoms with E-state index in [0.717, 1.165) is 22.7 Å². The largest absolute Gasteiger partial charge is 0.310 e. The summed E-state index contributed by atoms with van der Waals surface area (Å²) in [5.41, 5.74) is 15.8. The number of benzene rings is 9. The van der Waals surface area contributed by atoms with E-state index in [1.54, 1.807) is 0 Å². The van der Waals surface area contributed by atoms with E-state index < -0.39 is 0 Å². The van der Waals surface area contributed by atoms with Crippen LogP contribution in [0, 0.1) is 0 Å². The first-order chi connectivity index (χ1) is 29.8. The van der Waals surface area contributed by atoms with Gasteiger partial charge in [0.1, 0.15) is 0 Å². The third-order valence-electron chi connectivity index (χ3n) is 12.8. The standard InChI is InChI=1S/C58H46N2/c1-4-17-41(18-5-1)42-33-37-47(38-34-42)59(55-31-12-10-25-51(55)53-29-15-22-45-21-14-27-49(57(45)53)43-19-6-2-7-20-43)48-39-35-44(36-40-48)50-28-16-30-54-52-26-11-13-32-56(52)60(58(50)54)46-23-8-3-9-24-46/h1,3-5,8-18,21-40,43H,2,6-7,19-20H2. The molecule has 11 rings (SSSR count). The Labute approximate surface area is 352 Å². The molecule has 0 unspecified atom stereocenters. The van der Waals surface area contributed by atoms with Gasteiger partial charge in [-0.2, -0.15) is 0 Å². The second-order valence-electron chi connectivity index (χ2n) is 16.3. The molecule has 0 amide bonds. The lowest BCUT2D eigenvalue weighted by molar-refractivity contribution is 0.445. The number of rotatable bonds is 8. The molecule has 288 valence electrons. The van der Waals surface area contributed by atoms with Gasteiger partial charge in [0, 0.05) is 39.0 Å². The Kier molecular flexibility index (Phi) is 9.32. The summed E-state index contributed by atoms with van der Waals surface area (Å²) in [4.78, 5) is 2.46. The molecule has 0 saturated heterocycles. The van der Waals surface area contributed by atoms with Gasteiger partial charge >= 0.3 is 0 Å². The van der Waals surface area contributed by atoms with Crippen LogP contribution in [0.4, 0.5) is 17.1 Å². The summed E-state index contributed by atoms with van der Waals surface area (Å²) < 4.78 is 2.43. The van der Waals surface area contributed by atoms with E-state index in [0.29, 0.717) is 5.92 Å². The summed E-state index contributed by atoms with van der Waals surface area (Å²) in [6.45, 7) is 0. The first-order valence-corrected chi connectivity index (χ1v) is 21.5. The molecule has 1 fully saturated rings. The zero-order valence-corrected chi connectivity index (χ0v) is 33.7. The smallest absolute Gasteiger partial charge is 0.0619 e. The number of para-hydroxylation sites is 4. The third kappa shape index (κ3) is 6.37. The van der Waals surface area contributed by atoms with Gasteiger partial charge in [-0.05, 0) is 106 Å². The number of fused-ring (bicyclic) bond motifs is 4. The first-order valence-electron chi connectivity index (χ1n) is 21.5. The number of nitrogens with zero attached hydrogens (tertiary/aromatic N) is 2. The summed E-state index contributed by atoms with van der Waals surface area (Å²) in [7, 11) is 0. The van der Waals surface area contributed by atoms with E-state index in [-0.39, 0.29) is 0 Å². The van der Waals surface area contributed by atoms with Gasteiger partial charge in [0.15, 0.2) is 0 Å². The molecule has 9 aromatic carbocycles. The monoisotopic (exact) mass is 770 g/mol. The molecular weight excluding hydrogens is 725 g/mol. The third-order valence-corrected chi connectivity index (χ3v) is 12.8. The molecule has 2 heteroatoms. The second kappa shape index (κ2) is 15.5. The van der Waals surface area contributed by atoms with E-state index in [4.69, 9.17) is 0 Å². The fraction of sp³-hybridized carbons (Fsp3) is 0.103. The highest BCUT2D eigenvalue weighted by Gasteiger charge is 2.23. The molecule has 0 atom stereocenters. The quantitative estimate of drug-likeness (QED) is 0.149. The van der Waals surface area contributed by atoms with Gasteiger partial charge in [0.25, 0.3) is 0 Å². The summed E-state index contributed by atoms with van der Waals surface area (Å²) in [6.07, 6.45) is 6.50. The van der Waals surface area contributed by atoms with E-state index in [9.17, 15) is 0 Å². The van der Waals surface area contributed by atoms with Crippen LogP contribution in [0.1, 0.15) is 43.6 Å². The Morgan fingerprint density at radius 2 is 0.967 bits per heavy atom. The maximum absolute atomic E-state index is 2.46. The molecule has 1 heterocycles. The second-order valence-corrected chi connectivity index (χ2v) is 16.3. The predicted octanol–water partition coefficient (Wildman–Crippen LogP) is 16.5. The molecular formula is C58H46N2. The average Bonchev–Trinajstić information content (AvgIpc) is 3.67. The Morgan fingerprint density at radius 3 is 1.73 bits per heavy atom. The van der Waals surface area contributed by atoms with Crippen molar-refractivity contribution in [2.75, 3.05) is 4.90 Å². The van der Waals surface area contributed by atoms with Gasteiger partial charge in [-0.3, -0.25) is 0 Å². The van der Waals surface area contributed by atoms with Crippen LogP contribution in [0.5, 0.6) is 0 Å². The molecule has 0 spiro atoms. The van der Waals surface area contributed by atoms with Gasteiger partial charge in [-0.1, -0.05) is 183 Å². The van der Waals surface area contributed by atoms with Crippen molar-refractivity contribution >= 4 is 49.6 Å². The van der Waals surface area contributed by atoms with Gasteiger partial charge in [0.2, 0.25) is 0 Å². The number of hydrogen-bond acceptors (Lipinski definition) is 1. The SMILES string of the molecule is c1ccc(-c2ccc(N(c3ccc(-c4cccc5c6ccccc6n(-c6ccccc6)c45)cc3)c3ccccc3-c3cccc4cccc(C5CCCCC5)c34)cc2)cc1. The van der Waals surface area contributed by atoms with Crippen molar-refractivity contribution in [2.45, 2.75) is 38.0 Å². The zero-order valence-electron chi connectivity index (χ0n) is 33.7. The average molecular weight is 771 g/mol.